The van der Waals surface area contributed by atoms with Crippen molar-refractivity contribution in [2.45, 2.75) is 38.4 Å². The molecule has 0 aromatic carbocycles. The number of ether oxygens (including phenoxy) is 2. The molecular weight excluding hydrogens is 220 g/mol. The molecule has 17 heavy (non-hydrogen) atoms. The molecule has 0 radical (unpaired) electrons. The number of carbonyl (C=O) groups is 1. The lowest BCUT2D eigenvalue weighted by atomic mass is 10.0. The molecule has 0 bridgehead atoms. The van der Waals surface area contributed by atoms with Gasteiger partial charge < -0.3 is 20.1 Å². The van der Waals surface area contributed by atoms with Crippen LogP contribution in [-0.4, -0.2) is 55.9 Å². The van der Waals surface area contributed by atoms with Crippen LogP contribution in [0.2, 0.25) is 0 Å². The molecule has 1 heterocycles. The summed E-state index contributed by atoms with van der Waals surface area (Å²) in [4.78, 5) is 14.0. The van der Waals surface area contributed by atoms with Crippen LogP contribution < -0.4 is 5.73 Å². The molecule has 0 atom stereocenters. The maximum Gasteiger partial charge on any atom is 0.254 e. The Morgan fingerprint density at radius 2 is 2.00 bits per heavy atom. The molecule has 1 aliphatic rings. The van der Waals surface area contributed by atoms with Gasteiger partial charge in [0.15, 0.2) is 0 Å². The van der Waals surface area contributed by atoms with Gasteiger partial charge in [-0.3, -0.25) is 4.79 Å². The maximum absolute atomic E-state index is 12.1. The molecule has 2 N–H and O–H groups in total. The van der Waals surface area contributed by atoms with Gasteiger partial charge in [0.1, 0.15) is 5.60 Å². The normalized spacial score (nSPS) is 18.5. The van der Waals surface area contributed by atoms with Gasteiger partial charge in [0.05, 0.1) is 12.7 Å². The van der Waals surface area contributed by atoms with E-state index in [2.05, 4.69) is 0 Å². The van der Waals surface area contributed by atoms with E-state index < -0.39 is 5.60 Å². The molecule has 0 spiro atoms. The van der Waals surface area contributed by atoms with Crippen molar-refractivity contribution in [3.8, 4) is 0 Å². The van der Waals surface area contributed by atoms with Crippen molar-refractivity contribution in [3.05, 3.63) is 0 Å². The van der Waals surface area contributed by atoms with Crippen LogP contribution >= 0.6 is 0 Å². The van der Waals surface area contributed by atoms with Crippen LogP contribution in [0, 0.1) is 0 Å². The molecule has 100 valence electrons. The summed E-state index contributed by atoms with van der Waals surface area (Å²) in [6.45, 7) is 6.22. The second kappa shape index (κ2) is 6.33. The van der Waals surface area contributed by atoms with Gasteiger partial charge >= 0.3 is 0 Å². The number of hydrogen-bond acceptors (Lipinski definition) is 4. The molecule has 1 fully saturated rings. The van der Waals surface area contributed by atoms with E-state index in [1.165, 1.54) is 0 Å². The van der Waals surface area contributed by atoms with E-state index >= 15 is 0 Å². The Kier molecular flexibility index (Phi) is 5.36. The number of nitrogens with two attached hydrogens (primary N) is 1. The first kappa shape index (κ1) is 14.4. The topological polar surface area (TPSA) is 64.8 Å². The fourth-order valence-electron chi connectivity index (χ4n) is 1.93. The minimum Gasteiger partial charge on any atom is -0.377 e. The minimum absolute atomic E-state index is 0.0530. The van der Waals surface area contributed by atoms with E-state index in [0.717, 1.165) is 25.9 Å². The zero-order valence-corrected chi connectivity index (χ0v) is 11.1. The fraction of sp³-hybridized carbons (Fsp3) is 0.917. The molecule has 1 amide bonds. The van der Waals surface area contributed by atoms with Gasteiger partial charge in [0.2, 0.25) is 0 Å². The smallest absolute Gasteiger partial charge is 0.254 e. The summed E-state index contributed by atoms with van der Waals surface area (Å²) >= 11 is 0. The van der Waals surface area contributed by atoms with Gasteiger partial charge in [0.25, 0.3) is 5.91 Å². The third-order valence-electron chi connectivity index (χ3n) is 3.23. The number of rotatable bonds is 5. The Balaban J connectivity index is 2.39. The first-order valence-corrected chi connectivity index (χ1v) is 6.17. The lowest BCUT2D eigenvalue weighted by Gasteiger charge is -2.36. The first-order chi connectivity index (χ1) is 8.01. The van der Waals surface area contributed by atoms with E-state index in [9.17, 15) is 4.79 Å². The van der Waals surface area contributed by atoms with Crippen molar-refractivity contribution in [3.63, 3.8) is 0 Å². The fourth-order valence-corrected chi connectivity index (χ4v) is 1.93. The molecule has 5 nitrogen and oxygen atoms in total. The van der Waals surface area contributed by atoms with Crippen LogP contribution in [0.3, 0.4) is 0 Å². The molecule has 1 saturated heterocycles. The third kappa shape index (κ3) is 3.94. The van der Waals surface area contributed by atoms with Crippen molar-refractivity contribution in [1.82, 2.24) is 4.90 Å². The van der Waals surface area contributed by atoms with Crippen molar-refractivity contribution < 1.29 is 14.3 Å². The summed E-state index contributed by atoms with van der Waals surface area (Å²) in [6.07, 6.45) is 2.00. The maximum atomic E-state index is 12.1. The highest BCUT2D eigenvalue weighted by Crippen LogP contribution is 2.19. The van der Waals surface area contributed by atoms with Crippen molar-refractivity contribution in [1.29, 1.82) is 0 Å². The first-order valence-electron chi connectivity index (χ1n) is 6.17. The Hall–Kier alpha value is -0.650. The highest BCUT2D eigenvalue weighted by Gasteiger charge is 2.33. The number of hydrogen-bond donors (Lipinski definition) is 1. The molecule has 1 aliphatic heterocycles. The average Bonchev–Trinajstić information content (AvgIpc) is 2.36. The van der Waals surface area contributed by atoms with Crippen LogP contribution in [0.1, 0.15) is 26.7 Å². The molecule has 1 rings (SSSR count). The van der Waals surface area contributed by atoms with Crippen molar-refractivity contribution in [2.75, 3.05) is 33.4 Å². The second-order valence-corrected chi connectivity index (χ2v) is 4.87. The zero-order valence-electron chi connectivity index (χ0n) is 11.1. The van der Waals surface area contributed by atoms with Crippen LogP contribution in [0.5, 0.6) is 0 Å². The van der Waals surface area contributed by atoms with Crippen LogP contribution in [0.4, 0.5) is 0 Å². The van der Waals surface area contributed by atoms with E-state index in [0.29, 0.717) is 13.2 Å². The lowest BCUT2D eigenvalue weighted by Crippen LogP contribution is -2.50. The summed E-state index contributed by atoms with van der Waals surface area (Å²) in [5.41, 5.74) is 4.66. The van der Waals surface area contributed by atoms with Crippen molar-refractivity contribution >= 4 is 5.91 Å². The second-order valence-electron chi connectivity index (χ2n) is 4.87. The van der Waals surface area contributed by atoms with Gasteiger partial charge in [-0.15, -0.1) is 0 Å². The van der Waals surface area contributed by atoms with Crippen LogP contribution in [-0.2, 0) is 14.3 Å². The quantitative estimate of drug-likeness (QED) is 0.759. The zero-order chi connectivity index (χ0) is 12.9. The monoisotopic (exact) mass is 244 g/mol. The van der Waals surface area contributed by atoms with Gasteiger partial charge in [-0.2, -0.15) is 0 Å². The SMILES string of the molecule is COC(C)(C)C(=O)N1CCC(OCCN)CC1. The van der Waals surface area contributed by atoms with E-state index in [1.807, 2.05) is 4.90 Å². The molecule has 0 aromatic rings. The van der Waals surface area contributed by atoms with Crippen LogP contribution in [0.15, 0.2) is 0 Å². The predicted octanol–water partition coefficient (Wildman–Crippen LogP) is 0.378. The van der Waals surface area contributed by atoms with E-state index in [1.54, 1.807) is 21.0 Å². The van der Waals surface area contributed by atoms with E-state index in [-0.39, 0.29) is 12.0 Å². The van der Waals surface area contributed by atoms with Gasteiger partial charge in [0, 0.05) is 26.7 Å². The highest BCUT2D eigenvalue weighted by molar-refractivity contribution is 5.84. The minimum atomic E-state index is -0.731. The molecule has 0 aromatic heterocycles. The number of methoxy groups -OCH3 is 1. The lowest BCUT2D eigenvalue weighted by molar-refractivity contribution is -0.153. The summed E-state index contributed by atoms with van der Waals surface area (Å²) < 4.78 is 10.8. The Bertz CT molecular complexity index is 248. The number of amides is 1. The predicted molar refractivity (Wildman–Crippen MR) is 65.7 cm³/mol. The largest absolute Gasteiger partial charge is 0.377 e. The summed E-state index contributed by atoms with van der Waals surface area (Å²) in [7, 11) is 1.56. The number of nitrogens with zero attached hydrogens (tertiary/aromatic N) is 1. The van der Waals surface area contributed by atoms with E-state index in [4.69, 9.17) is 15.2 Å². The number of carbonyl (C=O) groups excluding carboxylic acids is 1. The van der Waals surface area contributed by atoms with Crippen LogP contribution in [0.25, 0.3) is 0 Å². The third-order valence-corrected chi connectivity index (χ3v) is 3.23. The summed E-state index contributed by atoms with van der Waals surface area (Å²) in [5, 5.41) is 0. The number of likely N-dealkylation sites (tertiary alicyclic amines) is 1. The average molecular weight is 244 g/mol. The molecular formula is C12H24N2O3. The van der Waals surface area contributed by atoms with Gasteiger partial charge in [-0.1, -0.05) is 0 Å². The molecule has 0 aliphatic carbocycles. The summed E-state index contributed by atoms with van der Waals surface area (Å²) in [5.74, 6) is 0.0530. The molecule has 5 heteroatoms. The van der Waals surface area contributed by atoms with Gasteiger partial charge in [-0.25, -0.2) is 0 Å². The number of piperidine rings is 1. The Morgan fingerprint density at radius 3 is 2.47 bits per heavy atom. The highest BCUT2D eigenvalue weighted by atomic mass is 16.5. The van der Waals surface area contributed by atoms with Gasteiger partial charge in [-0.05, 0) is 26.7 Å². The summed E-state index contributed by atoms with van der Waals surface area (Å²) in [6, 6.07) is 0. The standard InChI is InChI=1S/C12H24N2O3/c1-12(2,16-3)11(15)14-7-4-10(5-8-14)17-9-6-13/h10H,4-9,13H2,1-3H3. The molecule has 0 unspecified atom stereocenters. The van der Waals surface area contributed by atoms with Crippen molar-refractivity contribution in [2.24, 2.45) is 5.73 Å². The Labute approximate surface area is 103 Å². The Morgan fingerprint density at radius 1 is 1.41 bits per heavy atom. The molecule has 0 saturated carbocycles.